The molecule has 0 fully saturated rings. The van der Waals surface area contributed by atoms with Gasteiger partial charge in [-0.1, -0.05) is 30.3 Å². The Labute approximate surface area is 156 Å². The third-order valence-corrected chi connectivity index (χ3v) is 4.69. The molecule has 0 unspecified atom stereocenters. The summed E-state index contributed by atoms with van der Waals surface area (Å²) in [6, 6.07) is 13.5. The van der Waals surface area contributed by atoms with E-state index >= 15 is 0 Å². The van der Waals surface area contributed by atoms with E-state index in [1.54, 1.807) is 54.4 Å². The summed E-state index contributed by atoms with van der Waals surface area (Å²) < 4.78 is 1.28. The average molecular weight is 347 g/mol. The van der Waals surface area contributed by atoms with Crippen LogP contribution in [0.4, 0.5) is 0 Å². The molecule has 0 atom stereocenters. The molecule has 0 saturated heterocycles. The molecule has 0 saturated carbocycles. The summed E-state index contributed by atoms with van der Waals surface area (Å²) in [5.41, 5.74) is 0.105. The van der Waals surface area contributed by atoms with E-state index in [9.17, 15) is 0 Å². The zero-order chi connectivity index (χ0) is 20.0. The van der Waals surface area contributed by atoms with Gasteiger partial charge in [0.15, 0.2) is 0 Å². The van der Waals surface area contributed by atoms with Gasteiger partial charge in [0.25, 0.3) is 0 Å². The lowest BCUT2D eigenvalue weighted by atomic mass is 9.95. The topological polar surface area (TPSA) is 93.7 Å². The molecule has 1 rings (SSSR count). The second-order valence-corrected chi connectivity index (χ2v) is 5.54. The predicted molar refractivity (Wildman–Crippen MR) is 105 cm³/mol. The van der Waals surface area contributed by atoms with Crippen molar-refractivity contribution < 1.29 is 4.48 Å². The third-order valence-electron chi connectivity index (χ3n) is 4.69. The lowest BCUT2D eigenvalue weighted by molar-refractivity contribution is -0.921. The Morgan fingerprint density at radius 3 is 1.58 bits per heavy atom. The maximum Gasteiger partial charge on any atom is 0.139 e. The summed E-state index contributed by atoms with van der Waals surface area (Å²) in [6.07, 6.45) is 0. The van der Waals surface area contributed by atoms with Crippen LogP contribution in [0.5, 0.6) is 0 Å². The van der Waals surface area contributed by atoms with Gasteiger partial charge in [0.1, 0.15) is 23.8 Å². The van der Waals surface area contributed by atoms with Crippen molar-refractivity contribution in [2.75, 3.05) is 26.2 Å². The van der Waals surface area contributed by atoms with Crippen LogP contribution in [0.2, 0.25) is 0 Å². The summed E-state index contributed by atoms with van der Waals surface area (Å²) in [5.74, 6) is 1.69. The van der Waals surface area contributed by atoms with Crippen molar-refractivity contribution >= 4 is 11.4 Å². The minimum atomic E-state index is -0.241. The van der Waals surface area contributed by atoms with Gasteiger partial charge >= 0.3 is 0 Å². The fourth-order valence-electron chi connectivity index (χ4n) is 2.63. The van der Waals surface area contributed by atoms with Crippen LogP contribution in [0.1, 0.15) is 33.3 Å². The van der Waals surface area contributed by atoms with E-state index in [2.05, 4.69) is 27.7 Å². The highest BCUT2D eigenvalue weighted by Crippen LogP contribution is 2.24. The van der Waals surface area contributed by atoms with Gasteiger partial charge in [0.2, 0.25) is 0 Å². The van der Waals surface area contributed by atoms with Gasteiger partial charge in [0.05, 0.1) is 31.8 Å². The monoisotopic (exact) mass is 347 g/mol. The molecular formula is C21H25N5. The molecule has 1 aromatic rings. The molecule has 5 nitrogen and oxygen atoms in total. The lowest BCUT2D eigenvalue weighted by Crippen LogP contribution is -2.47. The van der Waals surface area contributed by atoms with E-state index in [1.165, 1.54) is 30.7 Å². The highest BCUT2D eigenvalue weighted by atomic mass is 15.3. The van der Waals surface area contributed by atoms with Crippen molar-refractivity contribution in [3.8, 4) is 18.2 Å². The van der Waals surface area contributed by atoms with Crippen molar-refractivity contribution in [1.29, 1.82) is 15.8 Å². The SMILES string of the molecule is CC[N+](CC)(CC)CC.N#CC(=C=[N-])C(=C(C#N)C#N)c1ccccc1. The van der Waals surface area contributed by atoms with Crippen molar-refractivity contribution in [1.82, 2.24) is 0 Å². The summed E-state index contributed by atoms with van der Waals surface area (Å²) in [4.78, 5) is 0. The standard InChI is InChI=1S/C13H5N4.C8H20N/c14-6-11(7-15)13(12(8-16)9-17)10-4-2-1-3-5-10;1-5-9(6-2,7-3)8-4/h1-5H;5-8H2,1-4H3/q-1;+1. The normalized spacial score (nSPS) is 9.27. The molecule has 1 aromatic carbocycles. The molecule has 0 aliphatic carbocycles. The second kappa shape index (κ2) is 12.2. The fraction of sp³-hybridized carbons (Fsp3) is 0.381. The summed E-state index contributed by atoms with van der Waals surface area (Å²) in [6.45, 7) is 14.2. The molecule has 0 amide bonds. The molecule has 26 heavy (non-hydrogen) atoms. The first-order valence-electron chi connectivity index (χ1n) is 8.65. The number of rotatable bonds is 6. The van der Waals surface area contributed by atoms with Crippen LogP contribution < -0.4 is 0 Å². The molecular weight excluding hydrogens is 322 g/mol. The van der Waals surface area contributed by atoms with E-state index in [4.69, 9.17) is 21.2 Å². The molecule has 0 bridgehead atoms. The van der Waals surface area contributed by atoms with Crippen LogP contribution in [-0.2, 0) is 0 Å². The van der Waals surface area contributed by atoms with Gasteiger partial charge in [-0.3, -0.25) is 0 Å². The van der Waals surface area contributed by atoms with Crippen molar-refractivity contribution in [2.45, 2.75) is 27.7 Å². The summed E-state index contributed by atoms with van der Waals surface area (Å²) in [7, 11) is 0. The average Bonchev–Trinajstić information content (AvgIpc) is 2.72. The Kier molecular flexibility index (Phi) is 10.8. The van der Waals surface area contributed by atoms with E-state index in [-0.39, 0.29) is 16.7 Å². The maximum atomic E-state index is 8.84. The van der Waals surface area contributed by atoms with Gasteiger partial charge in [0, 0.05) is 5.57 Å². The van der Waals surface area contributed by atoms with Crippen molar-refractivity contribution in [3.05, 3.63) is 52.5 Å². The van der Waals surface area contributed by atoms with Crippen LogP contribution in [0, 0.1) is 34.0 Å². The number of allylic oxidation sites excluding steroid dienone is 3. The van der Waals surface area contributed by atoms with Crippen LogP contribution in [-0.4, -0.2) is 36.5 Å². The highest BCUT2D eigenvalue weighted by molar-refractivity contribution is 5.97. The van der Waals surface area contributed by atoms with E-state index in [0.29, 0.717) is 5.56 Å². The van der Waals surface area contributed by atoms with Gasteiger partial charge in [-0.25, -0.2) is 5.87 Å². The number of nitrogens with zero attached hydrogens (tertiary/aromatic N) is 5. The molecule has 0 spiro atoms. The Bertz CT molecular complexity index is 741. The molecule has 5 heteroatoms. The van der Waals surface area contributed by atoms with Crippen molar-refractivity contribution in [2.24, 2.45) is 0 Å². The van der Waals surface area contributed by atoms with Crippen LogP contribution in [0.3, 0.4) is 0 Å². The molecule has 0 heterocycles. The smallest absolute Gasteiger partial charge is 0.139 e. The van der Waals surface area contributed by atoms with Gasteiger partial charge < -0.3 is 9.89 Å². The highest BCUT2D eigenvalue weighted by Gasteiger charge is 2.16. The molecule has 0 aliphatic heterocycles. The summed E-state index contributed by atoms with van der Waals surface area (Å²) in [5, 5.41) is 35.3. The summed E-state index contributed by atoms with van der Waals surface area (Å²) >= 11 is 0. The van der Waals surface area contributed by atoms with Gasteiger partial charge in [-0.15, -0.1) is 0 Å². The number of nitriles is 3. The zero-order valence-corrected chi connectivity index (χ0v) is 16.0. The molecule has 0 radical (unpaired) electrons. The minimum absolute atomic E-state index is 0.0839. The Hall–Kier alpha value is -3.16. The van der Waals surface area contributed by atoms with Gasteiger partial charge in [-0.05, 0) is 33.3 Å². The number of benzene rings is 1. The van der Waals surface area contributed by atoms with Crippen LogP contribution in [0.25, 0.3) is 11.0 Å². The minimum Gasteiger partial charge on any atom is -0.762 e. The first kappa shape index (κ1) is 22.8. The van der Waals surface area contributed by atoms with Gasteiger partial charge in [-0.2, -0.15) is 15.8 Å². The third kappa shape index (κ3) is 6.04. The largest absolute Gasteiger partial charge is 0.762 e. The van der Waals surface area contributed by atoms with Crippen LogP contribution >= 0.6 is 0 Å². The fourth-order valence-corrected chi connectivity index (χ4v) is 2.63. The van der Waals surface area contributed by atoms with E-state index in [1.807, 2.05) is 0 Å². The predicted octanol–water partition coefficient (Wildman–Crippen LogP) is 4.06. The number of quaternary nitrogens is 1. The molecule has 0 N–H and O–H groups in total. The first-order chi connectivity index (χ1) is 12.5. The van der Waals surface area contributed by atoms with E-state index in [0.717, 1.165) is 0 Å². The zero-order valence-electron chi connectivity index (χ0n) is 16.0. The number of hydrogen-bond acceptors (Lipinski definition) is 3. The van der Waals surface area contributed by atoms with E-state index < -0.39 is 0 Å². The second-order valence-electron chi connectivity index (χ2n) is 5.54. The lowest BCUT2D eigenvalue weighted by Gasteiger charge is -2.34. The molecule has 0 aliphatic rings. The first-order valence-corrected chi connectivity index (χ1v) is 8.65. The van der Waals surface area contributed by atoms with Crippen molar-refractivity contribution in [3.63, 3.8) is 0 Å². The maximum absolute atomic E-state index is 8.84. The van der Waals surface area contributed by atoms with Crippen LogP contribution in [0.15, 0.2) is 41.5 Å². The Balaban J connectivity index is 0.000000590. The molecule has 0 aromatic heterocycles. The number of hydrogen-bond donors (Lipinski definition) is 0. The Morgan fingerprint density at radius 2 is 1.31 bits per heavy atom. The Morgan fingerprint density at radius 1 is 0.846 bits per heavy atom. The quantitative estimate of drug-likeness (QED) is 0.336. The molecule has 134 valence electrons.